The molecule has 4 rings (SSSR count). The zero-order chi connectivity index (χ0) is 25.5. The molecule has 3 atom stereocenters. The molecule has 2 aromatic rings. The molecule has 2 aromatic carbocycles. The Kier molecular flexibility index (Phi) is 7.14. The Morgan fingerprint density at radius 2 is 1.80 bits per heavy atom. The van der Waals surface area contributed by atoms with Crippen molar-refractivity contribution in [2.45, 2.75) is 90.8 Å². The van der Waals surface area contributed by atoms with Crippen LogP contribution in [0.25, 0.3) is 10.8 Å². The van der Waals surface area contributed by atoms with Crippen LogP contribution in [0, 0.1) is 23.2 Å². The van der Waals surface area contributed by atoms with Gasteiger partial charge in [0.25, 0.3) is 0 Å². The lowest BCUT2D eigenvalue weighted by molar-refractivity contribution is -0.159. The highest BCUT2D eigenvalue weighted by atomic mass is 19.4. The first-order valence-corrected chi connectivity index (χ1v) is 12.9. The number of carboxylic acid groups (broad SMARTS) is 1. The second-order valence-corrected chi connectivity index (χ2v) is 11.4. The molecule has 0 bridgehead atoms. The Morgan fingerprint density at radius 1 is 1.14 bits per heavy atom. The second-order valence-electron chi connectivity index (χ2n) is 11.4. The van der Waals surface area contributed by atoms with Gasteiger partial charge >= 0.3 is 12.1 Å². The van der Waals surface area contributed by atoms with Crippen molar-refractivity contribution >= 4 is 16.7 Å². The van der Waals surface area contributed by atoms with E-state index in [-0.39, 0.29) is 40.4 Å². The number of fused-ring (bicyclic) bond motifs is 1. The number of aliphatic carboxylic acids is 1. The maximum absolute atomic E-state index is 14.4. The van der Waals surface area contributed by atoms with Crippen LogP contribution in [-0.4, -0.2) is 17.2 Å². The molecule has 3 nitrogen and oxygen atoms in total. The van der Waals surface area contributed by atoms with Gasteiger partial charge in [0, 0.05) is 0 Å². The highest BCUT2D eigenvalue weighted by Crippen LogP contribution is 2.55. The molecular formula is C29H37F3O3. The molecule has 6 heteroatoms. The van der Waals surface area contributed by atoms with Crippen molar-refractivity contribution in [2.24, 2.45) is 23.2 Å². The molecule has 0 aliphatic heterocycles. The summed E-state index contributed by atoms with van der Waals surface area (Å²) < 4.78 is 49.1. The number of carbonyl (C=O) groups is 1. The largest absolute Gasteiger partial charge is 0.490 e. The van der Waals surface area contributed by atoms with Crippen LogP contribution < -0.4 is 4.74 Å². The summed E-state index contributed by atoms with van der Waals surface area (Å²) in [5.74, 6) is -0.299. The Morgan fingerprint density at radius 3 is 2.37 bits per heavy atom. The summed E-state index contributed by atoms with van der Waals surface area (Å²) in [6.45, 7) is 8.20. The van der Waals surface area contributed by atoms with Crippen LogP contribution >= 0.6 is 0 Å². The summed E-state index contributed by atoms with van der Waals surface area (Å²) >= 11 is 0. The van der Waals surface area contributed by atoms with E-state index in [0.717, 1.165) is 44.1 Å². The monoisotopic (exact) mass is 490 g/mol. The second kappa shape index (κ2) is 9.67. The molecule has 2 aliphatic rings. The van der Waals surface area contributed by atoms with Gasteiger partial charge in [-0.25, -0.2) is 0 Å². The number of alkyl halides is 3. The van der Waals surface area contributed by atoms with Crippen LogP contribution in [0.3, 0.4) is 0 Å². The maximum atomic E-state index is 14.4. The van der Waals surface area contributed by atoms with E-state index in [4.69, 9.17) is 4.74 Å². The highest BCUT2D eigenvalue weighted by Gasteiger charge is 2.52. The predicted molar refractivity (Wildman–Crippen MR) is 132 cm³/mol. The molecule has 1 N–H and O–H groups in total. The number of rotatable bonds is 7. The summed E-state index contributed by atoms with van der Waals surface area (Å²) in [6, 6.07) is 8.61. The zero-order valence-corrected chi connectivity index (χ0v) is 21.1. The van der Waals surface area contributed by atoms with Gasteiger partial charge in [0.1, 0.15) is 11.3 Å². The molecule has 0 spiro atoms. The quantitative estimate of drug-likeness (QED) is 0.423. The first-order valence-electron chi connectivity index (χ1n) is 12.9. The van der Waals surface area contributed by atoms with Crippen molar-refractivity contribution in [3.8, 4) is 5.75 Å². The van der Waals surface area contributed by atoms with Gasteiger partial charge in [-0.05, 0) is 90.5 Å². The molecular weight excluding hydrogens is 453 g/mol. The summed E-state index contributed by atoms with van der Waals surface area (Å²) in [5.41, 5.74) is -0.116. The third-order valence-corrected chi connectivity index (χ3v) is 8.85. The Labute approximate surface area is 206 Å². The Balaban J connectivity index is 1.65. The molecule has 0 radical (unpaired) electrons. The van der Waals surface area contributed by atoms with Gasteiger partial charge in [-0.1, -0.05) is 52.0 Å². The molecule has 2 fully saturated rings. The fraction of sp³-hybridized carbons (Fsp3) is 0.621. The molecule has 3 unspecified atom stereocenters. The van der Waals surface area contributed by atoms with Gasteiger partial charge in [-0.2, -0.15) is 13.2 Å². The van der Waals surface area contributed by atoms with Crippen molar-refractivity contribution in [3.05, 3.63) is 41.5 Å². The number of ether oxygens (including phenoxy) is 1. The number of hydrogen-bond acceptors (Lipinski definition) is 2. The lowest BCUT2D eigenvalue weighted by Crippen LogP contribution is -2.49. The van der Waals surface area contributed by atoms with Gasteiger partial charge in [-0.3, -0.25) is 4.79 Å². The van der Waals surface area contributed by atoms with E-state index >= 15 is 0 Å². The average Bonchev–Trinajstić information content (AvgIpc) is 2.78. The molecule has 0 amide bonds. The van der Waals surface area contributed by atoms with E-state index in [1.807, 2.05) is 26.8 Å². The summed E-state index contributed by atoms with van der Waals surface area (Å²) in [5, 5.41) is 10.2. The summed E-state index contributed by atoms with van der Waals surface area (Å²) in [7, 11) is 0. The SMILES string of the molecule is CCC(CC1CC(C(=O)O)C1(C)C)c1ccc2ccc(OC3CCC(C)CC3)c(C(F)(F)F)c2c1. The smallest absolute Gasteiger partial charge is 0.420 e. The Bertz CT molecular complexity index is 1070. The van der Waals surface area contributed by atoms with Crippen LogP contribution in [0.4, 0.5) is 13.2 Å². The van der Waals surface area contributed by atoms with Crippen LogP contribution in [-0.2, 0) is 11.0 Å². The van der Waals surface area contributed by atoms with E-state index in [2.05, 4.69) is 6.92 Å². The van der Waals surface area contributed by atoms with Crippen molar-refractivity contribution in [1.82, 2.24) is 0 Å². The van der Waals surface area contributed by atoms with Gasteiger partial charge in [0.05, 0.1) is 12.0 Å². The number of carboxylic acids is 1. The van der Waals surface area contributed by atoms with Crippen LogP contribution in [0.5, 0.6) is 5.75 Å². The third-order valence-electron chi connectivity index (χ3n) is 8.85. The minimum atomic E-state index is -4.53. The third kappa shape index (κ3) is 5.17. The maximum Gasteiger partial charge on any atom is 0.420 e. The lowest BCUT2D eigenvalue weighted by atomic mass is 9.52. The van der Waals surface area contributed by atoms with E-state index in [1.54, 1.807) is 18.2 Å². The molecule has 0 heterocycles. The molecule has 0 saturated heterocycles. The van der Waals surface area contributed by atoms with Gasteiger partial charge in [0.2, 0.25) is 0 Å². The molecule has 2 aliphatic carbocycles. The van der Waals surface area contributed by atoms with E-state index < -0.39 is 17.7 Å². The van der Waals surface area contributed by atoms with Gasteiger partial charge < -0.3 is 9.84 Å². The minimum Gasteiger partial charge on any atom is -0.490 e. The zero-order valence-electron chi connectivity index (χ0n) is 21.1. The van der Waals surface area contributed by atoms with Crippen molar-refractivity contribution in [1.29, 1.82) is 0 Å². The summed E-state index contributed by atoms with van der Waals surface area (Å²) in [4.78, 5) is 11.5. The molecule has 2 saturated carbocycles. The van der Waals surface area contributed by atoms with Crippen molar-refractivity contribution in [3.63, 3.8) is 0 Å². The minimum absolute atomic E-state index is 0.0702. The normalized spacial score (nSPS) is 27.3. The van der Waals surface area contributed by atoms with Gasteiger partial charge in [0.15, 0.2) is 0 Å². The lowest BCUT2D eigenvalue weighted by Gasteiger charge is -2.51. The van der Waals surface area contributed by atoms with E-state index in [1.165, 1.54) is 6.07 Å². The molecule has 0 aromatic heterocycles. The van der Waals surface area contributed by atoms with Crippen LogP contribution in [0.2, 0.25) is 0 Å². The van der Waals surface area contributed by atoms with Gasteiger partial charge in [-0.15, -0.1) is 0 Å². The van der Waals surface area contributed by atoms with Crippen LogP contribution in [0.15, 0.2) is 30.3 Å². The Hall–Kier alpha value is -2.24. The predicted octanol–water partition coefficient (Wildman–Crippen LogP) is 8.45. The van der Waals surface area contributed by atoms with Crippen LogP contribution in [0.1, 0.15) is 89.7 Å². The first kappa shape index (κ1) is 25.8. The number of hydrogen-bond donors (Lipinski definition) is 1. The number of halogens is 3. The fourth-order valence-electron chi connectivity index (χ4n) is 6.21. The van der Waals surface area contributed by atoms with E-state index in [9.17, 15) is 23.1 Å². The molecule has 35 heavy (non-hydrogen) atoms. The standard InChI is InChI=1S/C29H37F3O3/c1-5-18(14-21-16-24(27(33)34)28(21,3)4)20-9-8-19-10-13-25(26(23(19)15-20)29(30,31)32)35-22-11-6-17(2)7-12-22/h8-10,13,15,17-18,21-22,24H,5-7,11-12,14,16H2,1-4H3,(H,33,34). The topological polar surface area (TPSA) is 46.5 Å². The average molecular weight is 491 g/mol. The summed E-state index contributed by atoms with van der Waals surface area (Å²) in [6.07, 6.45) is 0.986. The fourth-order valence-corrected chi connectivity index (χ4v) is 6.21. The van der Waals surface area contributed by atoms with Crippen molar-refractivity contribution in [2.75, 3.05) is 0 Å². The first-order chi connectivity index (χ1) is 16.4. The molecule has 192 valence electrons. The van der Waals surface area contributed by atoms with Crippen molar-refractivity contribution < 1.29 is 27.8 Å². The number of benzene rings is 2. The highest BCUT2D eigenvalue weighted by molar-refractivity contribution is 5.89. The van der Waals surface area contributed by atoms with E-state index in [0.29, 0.717) is 17.7 Å².